The van der Waals surface area contributed by atoms with Crippen molar-refractivity contribution in [3.63, 3.8) is 0 Å². The normalized spacial score (nSPS) is 21.5. The Hall–Kier alpha value is -5.57. The zero-order chi connectivity index (χ0) is 40.3. The predicted molar refractivity (Wildman–Crippen MR) is 196 cm³/mol. The number of ether oxygens (including phenoxy) is 3. The molecule has 4 bridgehead atoms. The molecule has 0 saturated heterocycles. The predicted octanol–water partition coefficient (Wildman–Crippen LogP) is 5.50. The monoisotopic (exact) mass is 755 g/mol. The number of anilines is 1. The van der Waals surface area contributed by atoms with Gasteiger partial charge in [0.25, 0.3) is 5.91 Å². The summed E-state index contributed by atoms with van der Waals surface area (Å²) in [6.45, 7) is 6.35. The van der Waals surface area contributed by atoms with Gasteiger partial charge in [0.1, 0.15) is 23.4 Å². The minimum atomic E-state index is -1.39. The van der Waals surface area contributed by atoms with Crippen molar-refractivity contribution in [3.8, 4) is 23.0 Å². The van der Waals surface area contributed by atoms with Crippen LogP contribution in [0.25, 0.3) is 10.8 Å². The second-order valence-electron chi connectivity index (χ2n) is 13.6. The fourth-order valence-corrected chi connectivity index (χ4v) is 5.89. The summed E-state index contributed by atoms with van der Waals surface area (Å²) in [6, 6.07) is 1.07. The number of carboxylic acid groups (broad SMARTS) is 2. The van der Waals surface area contributed by atoms with Crippen molar-refractivity contribution < 1.29 is 68.8 Å². The molecule has 2 heterocycles. The number of aliphatic carboxylic acids is 2. The van der Waals surface area contributed by atoms with Crippen molar-refractivity contribution >= 4 is 46.1 Å². The molecule has 54 heavy (non-hydrogen) atoms. The Morgan fingerprint density at radius 2 is 1.65 bits per heavy atom. The molecule has 2 aliphatic heterocycles. The summed E-state index contributed by atoms with van der Waals surface area (Å²) in [5, 5.41) is 64.4. The lowest BCUT2D eigenvalue weighted by molar-refractivity contribution is -0.157. The van der Waals surface area contributed by atoms with Gasteiger partial charge in [-0.2, -0.15) is 0 Å². The van der Waals surface area contributed by atoms with E-state index in [0.29, 0.717) is 32.1 Å². The molecule has 4 rings (SSSR count). The van der Waals surface area contributed by atoms with Crippen LogP contribution in [0.2, 0.25) is 0 Å². The number of allylic oxidation sites excluding steroid dienone is 3. The molecule has 2 aromatic rings. The third-order valence-electron chi connectivity index (χ3n) is 9.20. The zero-order valence-corrected chi connectivity index (χ0v) is 31.0. The maximum atomic E-state index is 13.5. The number of phenols is 3. The van der Waals surface area contributed by atoms with Crippen LogP contribution in [-0.4, -0.2) is 85.7 Å². The number of Topliss-reactive ketones (excluding diaryl/α,β-unsaturated/α-hetero) is 1. The topological polar surface area (TPSA) is 246 Å². The van der Waals surface area contributed by atoms with Crippen molar-refractivity contribution in [1.82, 2.24) is 0 Å². The Morgan fingerprint density at radius 1 is 0.963 bits per heavy atom. The minimum absolute atomic E-state index is 0.116. The van der Waals surface area contributed by atoms with Crippen LogP contribution >= 0.6 is 0 Å². The number of rotatable bonds is 8. The van der Waals surface area contributed by atoms with Gasteiger partial charge in [-0.3, -0.25) is 19.2 Å². The first-order valence-corrected chi connectivity index (χ1v) is 17.6. The highest BCUT2D eigenvalue weighted by molar-refractivity contribution is 6.18. The van der Waals surface area contributed by atoms with E-state index in [1.807, 2.05) is 6.92 Å². The molecule has 15 nitrogen and oxygen atoms in total. The number of aromatic hydroxyl groups is 3. The lowest BCUT2D eigenvalue weighted by Gasteiger charge is -2.24. The number of esters is 1. The summed E-state index contributed by atoms with van der Waals surface area (Å²) >= 11 is 0. The van der Waals surface area contributed by atoms with E-state index in [9.17, 15) is 49.5 Å². The molecule has 0 spiro atoms. The number of fused-ring (bicyclic) bond motifs is 16. The van der Waals surface area contributed by atoms with Gasteiger partial charge in [0.2, 0.25) is 5.78 Å². The third kappa shape index (κ3) is 11.5. The SMILES string of the molecule is CC1=C/C=C/C(C(C)OC(=O)[C@@H](C)CC(=O)O)CCC(O)CC[C@H](C)C/C=C/OCC(=O)c2c(O)c(C)c(O)c3c(O)c(cc(OCC(=O)O)c23)NC1=O. The number of carbonyl (C=O) groups excluding carboxylic acids is 3. The Morgan fingerprint density at radius 3 is 2.31 bits per heavy atom. The molecular formula is C39H49NO14. The highest BCUT2D eigenvalue weighted by atomic mass is 16.5. The van der Waals surface area contributed by atoms with Gasteiger partial charge >= 0.3 is 17.9 Å². The Bertz CT molecular complexity index is 1830. The van der Waals surface area contributed by atoms with Gasteiger partial charge in [-0.25, -0.2) is 4.79 Å². The lowest BCUT2D eigenvalue weighted by Crippen LogP contribution is -2.28. The Labute approximate surface area is 312 Å². The number of amides is 1. The number of hydrogen-bond donors (Lipinski definition) is 7. The van der Waals surface area contributed by atoms with E-state index >= 15 is 0 Å². The fraction of sp³-hybridized carbons (Fsp3) is 0.462. The van der Waals surface area contributed by atoms with Crippen LogP contribution in [0.4, 0.5) is 5.69 Å². The molecule has 0 saturated carbocycles. The van der Waals surface area contributed by atoms with Gasteiger partial charge in [-0.1, -0.05) is 32.1 Å². The number of ketones is 1. The second-order valence-corrected chi connectivity index (χ2v) is 13.6. The molecule has 15 heteroatoms. The number of phenolic OH excluding ortho intramolecular Hbond substituents is 3. The molecule has 2 aliphatic rings. The number of benzene rings is 2. The first-order valence-electron chi connectivity index (χ1n) is 17.6. The van der Waals surface area contributed by atoms with Crippen molar-refractivity contribution in [2.45, 2.75) is 85.4 Å². The van der Waals surface area contributed by atoms with E-state index in [4.69, 9.17) is 19.3 Å². The highest BCUT2D eigenvalue weighted by Crippen LogP contribution is 2.50. The lowest BCUT2D eigenvalue weighted by atomic mass is 9.92. The number of aliphatic hydroxyl groups excluding tert-OH is 1. The number of carbonyl (C=O) groups is 5. The van der Waals surface area contributed by atoms with Gasteiger partial charge < -0.3 is 50.2 Å². The van der Waals surface area contributed by atoms with Crippen LogP contribution < -0.4 is 10.1 Å². The Kier molecular flexibility index (Phi) is 15.5. The molecular weight excluding hydrogens is 706 g/mol. The van der Waals surface area contributed by atoms with Gasteiger partial charge in [0.15, 0.2) is 19.0 Å². The van der Waals surface area contributed by atoms with E-state index in [-0.39, 0.29) is 33.9 Å². The van der Waals surface area contributed by atoms with Gasteiger partial charge in [-0.05, 0) is 64.9 Å². The molecule has 0 aliphatic carbocycles. The summed E-state index contributed by atoms with van der Waals surface area (Å²) in [4.78, 5) is 62.0. The van der Waals surface area contributed by atoms with Crippen LogP contribution in [0.3, 0.4) is 0 Å². The van der Waals surface area contributed by atoms with Crippen LogP contribution in [0.1, 0.15) is 82.1 Å². The fourth-order valence-electron chi connectivity index (χ4n) is 5.89. The summed E-state index contributed by atoms with van der Waals surface area (Å²) in [7, 11) is 0. The van der Waals surface area contributed by atoms with Crippen LogP contribution in [0.5, 0.6) is 23.0 Å². The Balaban J connectivity index is 2.11. The van der Waals surface area contributed by atoms with Gasteiger partial charge in [0, 0.05) is 28.5 Å². The first-order chi connectivity index (χ1) is 25.4. The summed E-state index contributed by atoms with van der Waals surface area (Å²) in [6.07, 6.45) is 8.34. The second kappa shape index (κ2) is 19.5. The molecule has 0 aromatic heterocycles. The quantitative estimate of drug-likeness (QED) is 0.130. The van der Waals surface area contributed by atoms with Gasteiger partial charge in [0.05, 0.1) is 41.3 Å². The maximum Gasteiger partial charge on any atom is 0.341 e. The van der Waals surface area contributed by atoms with Crippen LogP contribution in [-0.2, 0) is 28.7 Å². The average Bonchev–Trinajstić information content (AvgIpc) is 3.10. The molecule has 294 valence electrons. The average molecular weight is 756 g/mol. The van der Waals surface area contributed by atoms with Crippen molar-refractivity contribution in [3.05, 3.63) is 53.3 Å². The van der Waals surface area contributed by atoms with Crippen molar-refractivity contribution in [1.29, 1.82) is 0 Å². The van der Waals surface area contributed by atoms with E-state index in [1.165, 1.54) is 33.1 Å². The largest absolute Gasteiger partial charge is 0.507 e. The number of aliphatic hydroxyl groups is 1. The standard InChI is InChI=1S/C39H49NO14/c1-20-8-7-15-52-18-28(42)32-33-29(53-19-31(45)46)17-27(37(49)34(33)36(48)23(4)35(32)47)40-38(50)21(2)9-6-10-25(12-14-26(41)13-11-20)24(5)54-39(51)22(3)16-30(43)44/h6-7,9-10,15,17,20,22,24-26,41,47-49H,8,11-14,16,18-19H2,1-5H3,(H,40,50)(H,43,44)(H,45,46)/b10-6+,15-7+,21-9?/t20-,22+,24?,25?,26?/m1/s1. The van der Waals surface area contributed by atoms with Crippen LogP contribution in [0, 0.1) is 24.7 Å². The van der Waals surface area contributed by atoms with Crippen molar-refractivity contribution in [2.75, 3.05) is 18.5 Å². The summed E-state index contributed by atoms with van der Waals surface area (Å²) in [5.41, 5.74) is -0.790. The molecule has 0 radical (unpaired) electrons. The first kappa shape index (κ1) is 42.8. The molecule has 3 unspecified atom stereocenters. The number of carboxylic acids is 2. The van der Waals surface area contributed by atoms with Gasteiger partial charge in [-0.15, -0.1) is 0 Å². The minimum Gasteiger partial charge on any atom is -0.507 e. The smallest absolute Gasteiger partial charge is 0.341 e. The van der Waals surface area contributed by atoms with Crippen LogP contribution in [0.15, 0.2) is 42.2 Å². The van der Waals surface area contributed by atoms with E-state index in [0.717, 1.165) is 6.07 Å². The molecule has 1 amide bonds. The highest BCUT2D eigenvalue weighted by Gasteiger charge is 2.29. The summed E-state index contributed by atoms with van der Waals surface area (Å²) < 4.78 is 16.5. The molecule has 2 aromatic carbocycles. The van der Waals surface area contributed by atoms with E-state index in [1.54, 1.807) is 25.2 Å². The van der Waals surface area contributed by atoms with E-state index in [2.05, 4.69) is 5.32 Å². The molecule has 0 fully saturated rings. The van der Waals surface area contributed by atoms with Crippen molar-refractivity contribution in [2.24, 2.45) is 17.8 Å². The zero-order valence-electron chi connectivity index (χ0n) is 31.0. The number of hydrogen-bond acceptors (Lipinski definition) is 12. The van der Waals surface area contributed by atoms with E-state index < -0.39 is 101 Å². The summed E-state index contributed by atoms with van der Waals surface area (Å²) in [5.74, 6) is -8.28. The maximum absolute atomic E-state index is 13.5. The molecule has 7 N–H and O–H groups in total. The third-order valence-corrected chi connectivity index (χ3v) is 9.20. The molecule has 5 atom stereocenters. The number of nitrogens with one attached hydrogen (secondary N) is 1.